The standard InChI is InChI=1S/C50H66N8/c1-2-12-28-24-31-26-41-29(25-30(31)23-27(28)11-1)13-9-20-32(41)33-21-10-22-40-42(33)50-57-48-39-19-8-7-18-38(39)46(55-48)53-44-35-15-4-3-14-34(35)43(51-44)52-45-36-16-5-6-17-37(36)47(54-45)56-49(40)58-50/h1-2,9,11-13,20,23-26,33-40,42-58H,3-8,10,14-19,21-22H2. The molecular weight excluding hydrogens is 713 g/mol. The van der Waals surface area contributed by atoms with Crippen LogP contribution < -0.4 is 42.5 Å². The van der Waals surface area contributed by atoms with Crippen molar-refractivity contribution in [1.82, 2.24) is 42.5 Å². The normalized spacial score (nSPS) is 44.9. The van der Waals surface area contributed by atoms with Crippen LogP contribution in [0.2, 0.25) is 0 Å². The van der Waals surface area contributed by atoms with Gasteiger partial charge in [-0.1, -0.05) is 87.4 Å². The Hall–Kier alpha value is -2.66. The van der Waals surface area contributed by atoms with E-state index in [1.165, 1.54) is 129 Å². The summed E-state index contributed by atoms with van der Waals surface area (Å²) in [5.41, 5.74) is 1.57. The van der Waals surface area contributed by atoms with E-state index in [9.17, 15) is 0 Å². The minimum atomic E-state index is 0.244. The van der Waals surface area contributed by atoms with Gasteiger partial charge in [-0.15, -0.1) is 0 Å². The van der Waals surface area contributed by atoms with Gasteiger partial charge < -0.3 is 0 Å². The molecule has 4 aliphatic carbocycles. The van der Waals surface area contributed by atoms with Crippen LogP contribution in [0.25, 0.3) is 32.3 Å². The van der Waals surface area contributed by atoms with Gasteiger partial charge in [0.05, 0.1) is 49.3 Å². The van der Waals surface area contributed by atoms with Gasteiger partial charge in [0.25, 0.3) is 0 Å². The number of hydrogen-bond donors (Lipinski definition) is 8. The largest absolute Gasteiger partial charge is 0.286 e. The van der Waals surface area contributed by atoms with Gasteiger partial charge in [0.15, 0.2) is 0 Å². The number of nitrogens with one attached hydrogen (secondary N) is 8. The quantitative estimate of drug-likeness (QED) is 0.0946. The van der Waals surface area contributed by atoms with Crippen molar-refractivity contribution in [3.05, 3.63) is 72.3 Å². The summed E-state index contributed by atoms with van der Waals surface area (Å²) in [6.45, 7) is 0. The van der Waals surface area contributed by atoms with Crippen molar-refractivity contribution in [3.63, 3.8) is 0 Å². The summed E-state index contributed by atoms with van der Waals surface area (Å²) in [5, 5.41) is 43.0. The number of fused-ring (bicyclic) bond motifs is 23. The maximum atomic E-state index is 4.46. The second kappa shape index (κ2) is 14.5. The molecular formula is C50H66N8. The Kier molecular flexibility index (Phi) is 8.99. The van der Waals surface area contributed by atoms with Crippen LogP contribution >= 0.6 is 0 Å². The topological polar surface area (TPSA) is 96.2 Å². The van der Waals surface area contributed by atoms with Crippen molar-refractivity contribution in [2.24, 2.45) is 47.3 Å². The van der Waals surface area contributed by atoms with E-state index in [4.69, 9.17) is 0 Å². The lowest BCUT2D eigenvalue weighted by Crippen LogP contribution is -2.61. The van der Waals surface area contributed by atoms with Gasteiger partial charge in [-0.05, 0) is 167 Å². The van der Waals surface area contributed by atoms with Crippen LogP contribution in [0.1, 0.15) is 108 Å². The molecule has 8 heteroatoms. The van der Waals surface area contributed by atoms with Crippen molar-refractivity contribution >= 4 is 32.3 Å². The Morgan fingerprint density at radius 2 is 0.690 bits per heavy atom. The van der Waals surface area contributed by atoms with Crippen LogP contribution in [-0.4, -0.2) is 49.3 Å². The molecule has 0 spiro atoms. The molecule has 17 atom stereocenters. The predicted octanol–water partition coefficient (Wildman–Crippen LogP) is 7.46. The average molecular weight is 779 g/mol. The van der Waals surface area contributed by atoms with Crippen LogP contribution in [0, 0.1) is 47.3 Å². The zero-order valence-corrected chi connectivity index (χ0v) is 34.3. The fraction of sp³-hybridized carbons (Fsp3) is 0.640. The van der Waals surface area contributed by atoms with Crippen molar-refractivity contribution in [2.45, 2.75) is 152 Å². The first-order chi connectivity index (χ1) is 28.7. The molecule has 306 valence electrons. The molecule has 13 rings (SSSR count). The van der Waals surface area contributed by atoms with Crippen molar-refractivity contribution < 1.29 is 0 Å². The molecule has 8 bridgehead atoms. The molecule has 9 aliphatic rings. The van der Waals surface area contributed by atoms with Crippen LogP contribution in [0.3, 0.4) is 0 Å². The maximum absolute atomic E-state index is 4.46. The molecule has 4 saturated carbocycles. The molecule has 5 heterocycles. The monoisotopic (exact) mass is 779 g/mol. The Morgan fingerprint density at radius 3 is 1.17 bits per heavy atom. The summed E-state index contributed by atoms with van der Waals surface area (Å²) in [6.07, 6.45) is 22.7. The molecule has 4 aromatic carbocycles. The third-order valence-corrected chi connectivity index (χ3v) is 18.0. The minimum absolute atomic E-state index is 0.244. The van der Waals surface area contributed by atoms with Crippen LogP contribution in [0.4, 0.5) is 0 Å². The lowest BCUT2D eigenvalue weighted by molar-refractivity contribution is 0.156. The van der Waals surface area contributed by atoms with Gasteiger partial charge in [-0.3, -0.25) is 42.5 Å². The zero-order chi connectivity index (χ0) is 37.9. The first-order valence-corrected chi connectivity index (χ1v) is 24.1. The smallest absolute Gasteiger partial charge is 0.0634 e. The first-order valence-electron chi connectivity index (χ1n) is 24.1. The van der Waals surface area contributed by atoms with Crippen molar-refractivity contribution in [2.75, 3.05) is 0 Å². The SMILES string of the molecule is c1ccc2cc3cc4c(C5CCCC6C7NC8NC(NC9NC(NC%10NC(NC(N7)C56)C5CCCCC%105)C5CCCCC95)C5CCCCC85)cccc4cc3cc2c1. The third kappa shape index (κ3) is 5.90. The fourth-order valence-electron chi connectivity index (χ4n) is 15.5. The number of benzene rings is 4. The summed E-state index contributed by atoms with van der Waals surface area (Å²) in [5.74, 6) is 5.68. The summed E-state index contributed by atoms with van der Waals surface area (Å²) >= 11 is 0. The lowest BCUT2D eigenvalue weighted by atomic mass is 9.68. The van der Waals surface area contributed by atoms with Gasteiger partial charge in [0.2, 0.25) is 0 Å². The van der Waals surface area contributed by atoms with E-state index in [0.29, 0.717) is 90.3 Å². The molecule has 5 saturated heterocycles. The highest BCUT2D eigenvalue weighted by Crippen LogP contribution is 2.51. The molecule has 9 fully saturated rings. The second-order valence-corrected chi connectivity index (χ2v) is 20.7. The average Bonchev–Trinajstić information content (AvgIpc) is 4.00. The van der Waals surface area contributed by atoms with Gasteiger partial charge in [0.1, 0.15) is 0 Å². The van der Waals surface area contributed by atoms with Crippen LogP contribution in [0.5, 0.6) is 0 Å². The van der Waals surface area contributed by atoms with E-state index < -0.39 is 0 Å². The summed E-state index contributed by atoms with van der Waals surface area (Å²) in [4.78, 5) is 0. The van der Waals surface area contributed by atoms with Crippen molar-refractivity contribution in [1.29, 1.82) is 0 Å². The minimum Gasteiger partial charge on any atom is -0.286 e. The Morgan fingerprint density at radius 1 is 0.310 bits per heavy atom. The fourth-order valence-corrected chi connectivity index (χ4v) is 15.5. The maximum Gasteiger partial charge on any atom is 0.0634 e. The van der Waals surface area contributed by atoms with E-state index in [-0.39, 0.29) is 12.3 Å². The number of hydrogen-bond acceptors (Lipinski definition) is 8. The number of rotatable bonds is 1. The molecule has 0 amide bonds. The molecule has 8 nitrogen and oxygen atoms in total. The molecule has 17 unspecified atom stereocenters. The van der Waals surface area contributed by atoms with E-state index in [1.807, 2.05) is 0 Å². The molecule has 4 aromatic rings. The van der Waals surface area contributed by atoms with Crippen LogP contribution in [-0.2, 0) is 0 Å². The van der Waals surface area contributed by atoms with E-state index in [2.05, 4.69) is 109 Å². The molecule has 5 aliphatic heterocycles. The highest BCUT2D eigenvalue weighted by Gasteiger charge is 2.55. The first kappa shape index (κ1) is 36.0. The van der Waals surface area contributed by atoms with Crippen molar-refractivity contribution in [3.8, 4) is 0 Å². The van der Waals surface area contributed by atoms with Crippen LogP contribution in [0.15, 0.2) is 66.7 Å². The van der Waals surface area contributed by atoms with Gasteiger partial charge >= 0.3 is 0 Å². The van der Waals surface area contributed by atoms with Gasteiger partial charge in [-0.25, -0.2) is 0 Å². The Balaban J connectivity index is 0.890. The molecule has 58 heavy (non-hydrogen) atoms. The van der Waals surface area contributed by atoms with Gasteiger partial charge in [0, 0.05) is 0 Å². The van der Waals surface area contributed by atoms with E-state index >= 15 is 0 Å². The van der Waals surface area contributed by atoms with E-state index in [0.717, 1.165) is 0 Å². The van der Waals surface area contributed by atoms with E-state index in [1.54, 1.807) is 5.56 Å². The summed E-state index contributed by atoms with van der Waals surface area (Å²) in [7, 11) is 0. The zero-order valence-electron chi connectivity index (χ0n) is 34.3. The second-order valence-electron chi connectivity index (χ2n) is 20.7. The Bertz CT molecular complexity index is 2170. The summed E-state index contributed by atoms with van der Waals surface area (Å²) < 4.78 is 0. The Labute approximate surface area is 345 Å². The predicted molar refractivity (Wildman–Crippen MR) is 234 cm³/mol. The highest BCUT2D eigenvalue weighted by atomic mass is 15.4. The lowest BCUT2D eigenvalue weighted by Gasteiger charge is -2.40. The molecule has 0 aromatic heterocycles. The summed E-state index contributed by atoms with van der Waals surface area (Å²) in [6, 6.07) is 25.9. The third-order valence-electron chi connectivity index (χ3n) is 18.0. The molecule has 0 radical (unpaired) electrons. The van der Waals surface area contributed by atoms with Gasteiger partial charge in [-0.2, -0.15) is 0 Å². The molecule has 8 N–H and O–H groups in total. The highest BCUT2D eigenvalue weighted by molar-refractivity contribution is 6.05.